The molecule has 1 N–H and O–H groups in total. The van der Waals surface area contributed by atoms with E-state index < -0.39 is 11.9 Å². The van der Waals surface area contributed by atoms with Crippen molar-refractivity contribution < 1.29 is 19.1 Å². The van der Waals surface area contributed by atoms with Crippen molar-refractivity contribution in [2.75, 3.05) is 19.5 Å². The molecule has 0 fully saturated rings. The van der Waals surface area contributed by atoms with Crippen molar-refractivity contribution in [1.82, 2.24) is 4.98 Å². The number of nitrogens with zero attached hydrogens (tertiary/aromatic N) is 2. The molecule has 0 amide bonds. The van der Waals surface area contributed by atoms with Gasteiger partial charge in [0.2, 0.25) is 0 Å². The molecule has 0 unspecified atom stereocenters. The van der Waals surface area contributed by atoms with Crippen LogP contribution >= 0.6 is 11.3 Å². The summed E-state index contributed by atoms with van der Waals surface area (Å²) in [5, 5.41) is 15.0. The lowest BCUT2D eigenvalue weighted by molar-refractivity contribution is 0.0599. The molecule has 32 heavy (non-hydrogen) atoms. The number of hydrogen-bond donors (Lipinski definition) is 1. The number of anilines is 1. The third-order valence-corrected chi connectivity index (χ3v) is 5.55. The van der Waals surface area contributed by atoms with E-state index in [4.69, 9.17) is 9.47 Å². The van der Waals surface area contributed by atoms with E-state index in [1.165, 1.54) is 55.5 Å². The lowest BCUT2D eigenvalue weighted by Gasteiger charge is -2.08. The quantitative estimate of drug-likeness (QED) is 0.405. The van der Waals surface area contributed by atoms with E-state index >= 15 is 0 Å². The van der Waals surface area contributed by atoms with Crippen molar-refractivity contribution in [2.45, 2.75) is 13.3 Å². The Morgan fingerprint density at radius 1 is 1.09 bits per heavy atom. The molecule has 0 aliphatic carbocycles. The van der Waals surface area contributed by atoms with Crippen LogP contribution in [-0.2, 0) is 15.9 Å². The molecule has 0 spiro atoms. The molecule has 162 valence electrons. The van der Waals surface area contributed by atoms with E-state index in [9.17, 15) is 14.9 Å². The lowest BCUT2D eigenvalue weighted by Crippen LogP contribution is -2.07. The Morgan fingerprint density at radius 3 is 2.25 bits per heavy atom. The van der Waals surface area contributed by atoms with Crippen molar-refractivity contribution in [3.63, 3.8) is 0 Å². The summed E-state index contributed by atoms with van der Waals surface area (Å²) < 4.78 is 9.48. The number of esters is 2. The molecule has 2 aromatic carbocycles. The molecular weight excluding hydrogens is 426 g/mol. The average molecular weight is 448 g/mol. The highest BCUT2D eigenvalue weighted by molar-refractivity contribution is 7.11. The molecule has 0 aliphatic rings. The second-order valence-corrected chi connectivity index (χ2v) is 7.54. The minimum atomic E-state index is -0.595. The zero-order chi connectivity index (χ0) is 23.1. The smallest absolute Gasteiger partial charge is 0.337 e. The Kier molecular flexibility index (Phi) is 7.37. The zero-order valence-corrected chi connectivity index (χ0v) is 18.7. The van der Waals surface area contributed by atoms with E-state index in [1.54, 1.807) is 0 Å². The van der Waals surface area contributed by atoms with Crippen LogP contribution in [0.1, 0.15) is 38.2 Å². The number of hydrogen-bond acceptors (Lipinski definition) is 8. The number of benzene rings is 2. The number of ether oxygens (including phenoxy) is 2. The Morgan fingerprint density at radius 2 is 1.72 bits per heavy atom. The van der Waals surface area contributed by atoms with Crippen LogP contribution in [0.4, 0.5) is 5.69 Å². The number of thiazole rings is 1. The van der Waals surface area contributed by atoms with Crippen LogP contribution in [0, 0.1) is 11.3 Å². The number of carbonyl (C=O) groups excluding carboxylic acids is 2. The molecule has 0 saturated carbocycles. The molecule has 1 heterocycles. The molecule has 1 aromatic heterocycles. The Bertz CT molecular complexity index is 1170. The highest BCUT2D eigenvalue weighted by Crippen LogP contribution is 2.27. The first-order chi connectivity index (χ1) is 15.5. The summed E-state index contributed by atoms with van der Waals surface area (Å²) in [6, 6.07) is 14.7. The maximum atomic E-state index is 11.9. The number of carbonyl (C=O) groups is 2. The zero-order valence-electron chi connectivity index (χ0n) is 17.8. The van der Waals surface area contributed by atoms with Gasteiger partial charge in [0.15, 0.2) is 0 Å². The summed E-state index contributed by atoms with van der Waals surface area (Å²) in [4.78, 5) is 28.5. The number of aryl methyl sites for hydroxylation is 1. The van der Waals surface area contributed by atoms with Gasteiger partial charge in [0.25, 0.3) is 0 Å². The second kappa shape index (κ2) is 10.4. The molecule has 0 bridgehead atoms. The van der Waals surface area contributed by atoms with Gasteiger partial charge in [0.05, 0.1) is 31.0 Å². The second-order valence-electron chi connectivity index (χ2n) is 6.68. The predicted molar refractivity (Wildman–Crippen MR) is 123 cm³/mol. The summed E-state index contributed by atoms with van der Waals surface area (Å²) in [5.74, 6) is -1.19. The van der Waals surface area contributed by atoms with Crippen molar-refractivity contribution in [1.29, 1.82) is 5.26 Å². The van der Waals surface area contributed by atoms with Gasteiger partial charge in [-0.2, -0.15) is 5.26 Å². The monoisotopic (exact) mass is 447 g/mol. The fourth-order valence-electron chi connectivity index (χ4n) is 2.92. The normalized spacial score (nSPS) is 10.9. The van der Waals surface area contributed by atoms with Gasteiger partial charge in [-0.15, -0.1) is 11.3 Å². The minimum Gasteiger partial charge on any atom is -0.465 e. The highest BCUT2D eigenvalue weighted by atomic mass is 32.1. The minimum absolute atomic E-state index is 0.178. The Balaban J connectivity index is 1.87. The number of rotatable bonds is 7. The number of nitriles is 1. The summed E-state index contributed by atoms with van der Waals surface area (Å²) in [7, 11) is 2.51. The fraction of sp³-hybridized carbons (Fsp3) is 0.167. The molecular formula is C24H21N3O4S. The summed E-state index contributed by atoms with van der Waals surface area (Å²) in [6.45, 7) is 2.10. The van der Waals surface area contributed by atoms with Gasteiger partial charge in [-0.3, -0.25) is 0 Å². The number of allylic oxidation sites excluding steroid dienone is 1. The van der Waals surface area contributed by atoms with Crippen molar-refractivity contribution >= 4 is 34.5 Å². The average Bonchev–Trinajstić information content (AvgIpc) is 3.33. The number of methoxy groups -OCH3 is 2. The molecule has 3 aromatic rings. The summed E-state index contributed by atoms with van der Waals surface area (Å²) in [5.41, 5.74) is 4.10. The van der Waals surface area contributed by atoms with Crippen LogP contribution in [0.15, 0.2) is 54.0 Å². The maximum Gasteiger partial charge on any atom is 0.337 e. The first-order valence-electron chi connectivity index (χ1n) is 9.72. The Hall–Kier alpha value is -3.96. The SMILES string of the molecule is CCc1ccc(-c2csc(/C(C#N)=C\Nc3cc(C(=O)OC)cc(C(=O)OC)c3)n2)cc1. The third kappa shape index (κ3) is 5.20. The third-order valence-electron chi connectivity index (χ3n) is 4.67. The number of nitrogens with one attached hydrogen (secondary N) is 1. The predicted octanol–water partition coefficient (Wildman–Crippen LogP) is 4.92. The van der Waals surface area contributed by atoms with E-state index in [2.05, 4.69) is 35.4 Å². The molecule has 0 aliphatic heterocycles. The van der Waals surface area contributed by atoms with E-state index in [0.717, 1.165) is 17.7 Å². The van der Waals surface area contributed by atoms with Gasteiger partial charge in [-0.1, -0.05) is 31.2 Å². The largest absolute Gasteiger partial charge is 0.465 e. The summed E-state index contributed by atoms with van der Waals surface area (Å²) >= 11 is 1.36. The van der Waals surface area contributed by atoms with Gasteiger partial charge < -0.3 is 14.8 Å². The lowest BCUT2D eigenvalue weighted by atomic mass is 10.1. The van der Waals surface area contributed by atoms with Gasteiger partial charge >= 0.3 is 11.9 Å². The van der Waals surface area contributed by atoms with Crippen molar-refractivity contribution in [2.24, 2.45) is 0 Å². The first-order valence-corrected chi connectivity index (χ1v) is 10.6. The number of aromatic nitrogens is 1. The van der Waals surface area contributed by atoms with E-state index in [1.807, 2.05) is 17.5 Å². The van der Waals surface area contributed by atoms with Crippen LogP contribution in [0.5, 0.6) is 0 Å². The Labute approximate surface area is 189 Å². The fourth-order valence-corrected chi connectivity index (χ4v) is 3.72. The van der Waals surface area contributed by atoms with E-state index in [-0.39, 0.29) is 11.1 Å². The molecule has 3 rings (SSSR count). The van der Waals surface area contributed by atoms with Gasteiger partial charge in [-0.25, -0.2) is 14.6 Å². The van der Waals surface area contributed by atoms with Crippen LogP contribution in [0.2, 0.25) is 0 Å². The van der Waals surface area contributed by atoms with E-state index in [0.29, 0.717) is 16.3 Å². The van der Waals surface area contributed by atoms with Crippen molar-refractivity contribution in [3.05, 3.63) is 75.7 Å². The van der Waals surface area contributed by atoms with Gasteiger partial charge in [0, 0.05) is 22.8 Å². The molecule has 0 radical (unpaired) electrons. The molecule has 0 atom stereocenters. The summed E-state index contributed by atoms with van der Waals surface area (Å²) in [6.07, 6.45) is 2.45. The van der Waals surface area contributed by atoms with Gasteiger partial charge in [0.1, 0.15) is 16.6 Å². The molecule has 7 nitrogen and oxygen atoms in total. The van der Waals surface area contributed by atoms with Crippen molar-refractivity contribution in [3.8, 4) is 17.3 Å². The van der Waals surface area contributed by atoms with Crippen LogP contribution in [-0.4, -0.2) is 31.1 Å². The van der Waals surface area contributed by atoms with Crippen LogP contribution in [0.25, 0.3) is 16.8 Å². The first kappa shape index (κ1) is 22.7. The van der Waals surface area contributed by atoms with Gasteiger partial charge in [-0.05, 0) is 30.2 Å². The van der Waals surface area contributed by atoms with Crippen LogP contribution in [0.3, 0.4) is 0 Å². The maximum absolute atomic E-state index is 11.9. The standard InChI is InChI=1S/C24H21N3O4S/c1-4-15-5-7-16(8-6-15)21-14-32-22(27-21)19(12-25)13-26-20-10-17(23(28)30-2)9-18(11-20)24(29)31-3/h5-11,13-14,26H,4H2,1-3H3/b19-13-. The highest BCUT2D eigenvalue weighted by Gasteiger charge is 2.14. The van der Waals surface area contributed by atoms with Crippen LogP contribution < -0.4 is 5.32 Å². The topological polar surface area (TPSA) is 101 Å². The molecule has 8 heteroatoms. The molecule has 0 saturated heterocycles.